The van der Waals surface area contributed by atoms with Crippen molar-refractivity contribution in [1.82, 2.24) is 10.2 Å². The molecular formula is C19H22N2O3. The minimum atomic E-state index is -0.176. The highest BCUT2D eigenvalue weighted by atomic mass is 16.5. The van der Waals surface area contributed by atoms with Crippen LogP contribution in [-0.2, 0) is 11.2 Å². The van der Waals surface area contributed by atoms with E-state index < -0.39 is 0 Å². The molecule has 1 N–H and O–H groups in total. The van der Waals surface area contributed by atoms with E-state index in [4.69, 9.17) is 4.74 Å². The highest BCUT2D eigenvalue weighted by Crippen LogP contribution is 2.12. The standard InChI is InChI=1S/C19H22N2O3/c1-21(19(23)16-8-4-3-5-9-16)14-18(22)20-12-11-15-7-6-10-17(13-15)24-2/h3-10,13H,11-12,14H2,1-2H3,(H,20,22). The molecule has 5 heteroatoms. The number of methoxy groups -OCH3 is 1. The van der Waals surface area contributed by atoms with E-state index in [-0.39, 0.29) is 18.4 Å². The first kappa shape index (κ1) is 17.5. The first-order chi connectivity index (χ1) is 11.6. The molecule has 0 aliphatic rings. The molecule has 2 amide bonds. The Balaban J connectivity index is 1.77. The molecule has 0 aliphatic carbocycles. The van der Waals surface area contributed by atoms with Crippen molar-refractivity contribution in [3.63, 3.8) is 0 Å². The summed E-state index contributed by atoms with van der Waals surface area (Å²) in [7, 11) is 3.25. The van der Waals surface area contributed by atoms with E-state index in [0.717, 1.165) is 11.3 Å². The Labute approximate surface area is 142 Å². The van der Waals surface area contributed by atoms with E-state index in [1.54, 1.807) is 38.4 Å². The van der Waals surface area contributed by atoms with Gasteiger partial charge in [-0.15, -0.1) is 0 Å². The zero-order valence-electron chi connectivity index (χ0n) is 14.0. The van der Waals surface area contributed by atoms with Crippen LogP contribution in [0.25, 0.3) is 0 Å². The van der Waals surface area contributed by atoms with Crippen LogP contribution in [-0.4, -0.2) is 44.0 Å². The number of carbonyl (C=O) groups excluding carboxylic acids is 2. The first-order valence-electron chi connectivity index (χ1n) is 7.80. The fraction of sp³-hybridized carbons (Fsp3) is 0.263. The normalized spacial score (nSPS) is 10.1. The summed E-state index contributed by atoms with van der Waals surface area (Å²) in [5, 5.41) is 2.83. The third-order valence-electron chi connectivity index (χ3n) is 3.62. The number of rotatable bonds is 7. The highest BCUT2D eigenvalue weighted by molar-refractivity contribution is 5.96. The maximum atomic E-state index is 12.2. The van der Waals surface area contributed by atoms with Crippen LogP contribution >= 0.6 is 0 Å². The Bertz CT molecular complexity index is 686. The van der Waals surface area contributed by atoms with Gasteiger partial charge in [-0.2, -0.15) is 0 Å². The maximum Gasteiger partial charge on any atom is 0.254 e. The van der Waals surface area contributed by atoms with Gasteiger partial charge in [0, 0.05) is 19.2 Å². The first-order valence-corrected chi connectivity index (χ1v) is 7.80. The quantitative estimate of drug-likeness (QED) is 0.848. The monoisotopic (exact) mass is 326 g/mol. The average Bonchev–Trinajstić information content (AvgIpc) is 2.62. The van der Waals surface area contributed by atoms with E-state index >= 15 is 0 Å². The topological polar surface area (TPSA) is 58.6 Å². The van der Waals surface area contributed by atoms with E-state index in [0.29, 0.717) is 18.5 Å². The van der Waals surface area contributed by atoms with Gasteiger partial charge in [-0.25, -0.2) is 0 Å². The van der Waals surface area contributed by atoms with Crippen LogP contribution in [0, 0.1) is 0 Å². The number of amides is 2. The number of benzene rings is 2. The molecule has 126 valence electrons. The molecule has 2 aromatic carbocycles. The van der Waals surface area contributed by atoms with Gasteiger partial charge in [0.1, 0.15) is 5.75 Å². The lowest BCUT2D eigenvalue weighted by molar-refractivity contribution is -0.121. The van der Waals surface area contributed by atoms with Crippen LogP contribution in [0.15, 0.2) is 54.6 Å². The Morgan fingerprint density at radius 2 is 1.83 bits per heavy atom. The van der Waals surface area contributed by atoms with E-state index in [1.165, 1.54) is 4.90 Å². The zero-order chi connectivity index (χ0) is 17.4. The van der Waals surface area contributed by atoms with Crippen molar-refractivity contribution in [1.29, 1.82) is 0 Å². The van der Waals surface area contributed by atoms with Crippen LogP contribution in [0.2, 0.25) is 0 Å². The van der Waals surface area contributed by atoms with Gasteiger partial charge in [0.2, 0.25) is 5.91 Å². The second kappa shape index (κ2) is 8.72. The maximum absolute atomic E-state index is 12.2. The molecule has 5 nitrogen and oxygen atoms in total. The SMILES string of the molecule is COc1cccc(CCNC(=O)CN(C)C(=O)c2ccccc2)c1. The summed E-state index contributed by atoms with van der Waals surface area (Å²) < 4.78 is 5.17. The Morgan fingerprint density at radius 3 is 2.54 bits per heavy atom. The molecule has 0 bridgehead atoms. The van der Waals surface area contributed by atoms with Gasteiger partial charge < -0.3 is 15.0 Å². The molecule has 0 radical (unpaired) electrons. The minimum absolute atomic E-state index is 0.0336. The van der Waals surface area contributed by atoms with Gasteiger partial charge in [0.15, 0.2) is 0 Å². The summed E-state index contributed by atoms with van der Waals surface area (Å²) >= 11 is 0. The van der Waals surface area contributed by atoms with Gasteiger partial charge in [-0.3, -0.25) is 9.59 Å². The van der Waals surface area contributed by atoms with Gasteiger partial charge in [0.05, 0.1) is 13.7 Å². The summed E-state index contributed by atoms with van der Waals surface area (Å²) in [6.07, 6.45) is 0.708. The Kier molecular flexibility index (Phi) is 6.37. The van der Waals surface area contributed by atoms with Gasteiger partial charge >= 0.3 is 0 Å². The van der Waals surface area contributed by atoms with Crippen LogP contribution in [0.1, 0.15) is 15.9 Å². The predicted molar refractivity (Wildman–Crippen MR) is 93.1 cm³/mol. The van der Waals surface area contributed by atoms with Crippen LogP contribution in [0.4, 0.5) is 0 Å². The minimum Gasteiger partial charge on any atom is -0.497 e. The third-order valence-corrected chi connectivity index (χ3v) is 3.62. The summed E-state index contributed by atoms with van der Waals surface area (Å²) in [5.41, 5.74) is 1.66. The van der Waals surface area contributed by atoms with Crippen LogP contribution in [0.3, 0.4) is 0 Å². The van der Waals surface area contributed by atoms with E-state index in [9.17, 15) is 9.59 Å². The number of nitrogens with zero attached hydrogens (tertiary/aromatic N) is 1. The van der Waals surface area contributed by atoms with Crippen molar-refractivity contribution < 1.29 is 14.3 Å². The molecule has 0 unspecified atom stereocenters. The predicted octanol–water partition coefficient (Wildman–Crippen LogP) is 2.13. The number of ether oxygens (including phenoxy) is 1. The summed E-state index contributed by atoms with van der Waals surface area (Å²) in [4.78, 5) is 25.6. The lowest BCUT2D eigenvalue weighted by atomic mass is 10.1. The third kappa shape index (κ3) is 5.12. The fourth-order valence-electron chi connectivity index (χ4n) is 2.32. The molecule has 24 heavy (non-hydrogen) atoms. The second-order valence-corrected chi connectivity index (χ2v) is 5.48. The van der Waals surface area contributed by atoms with Crippen LogP contribution < -0.4 is 10.1 Å². The fourth-order valence-corrected chi connectivity index (χ4v) is 2.32. The second-order valence-electron chi connectivity index (χ2n) is 5.48. The van der Waals surface area contributed by atoms with Crippen molar-refractivity contribution in [3.8, 4) is 5.75 Å². The molecule has 0 fully saturated rings. The number of likely N-dealkylation sites (N-methyl/N-ethyl adjacent to an activating group) is 1. The highest BCUT2D eigenvalue weighted by Gasteiger charge is 2.14. The largest absolute Gasteiger partial charge is 0.497 e. The molecule has 0 aliphatic heterocycles. The molecule has 0 atom stereocenters. The lowest BCUT2D eigenvalue weighted by Crippen LogP contribution is -2.39. The van der Waals surface area contributed by atoms with Crippen LogP contribution in [0.5, 0.6) is 5.75 Å². The lowest BCUT2D eigenvalue weighted by Gasteiger charge is -2.17. The molecule has 0 spiro atoms. The van der Waals surface area contributed by atoms with Crippen molar-refractivity contribution >= 4 is 11.8 Å². The van der Waals surface area contributed by atoms with E-state index in [2.05, 4.69) is 5.32 Å². The Morgan fingerprint density at radius 1 is 1.08 bits per heavy atom. The van der Waals surface area contributed by atoms with Gasteiger partial charge in [0.25, 0.3) is 5.91 Å². The molecule has 0 saturated heterocycles. The van der Waals surface area contributed by atoms with E-state index in [1.807, 2.05) is 30.3 Å². The van der Waals surface area contributed by atoms with Crippen molar-refractivity contribution in [3.05, 3.63) is 65.7 Å². The molecule has 0 saturated carbocycles. The summed E-state index contributed by atoms with van der Waals surface area (Å²) in [5.74, 6) is 0.454. The number of carbonyl (C=O) groups is 2. The number of hydrogen-bond donors (Lipinski definition) is 1. The zero-order valence-corrected chi connectivity index (χ0v) is 14.0. The summed E-state index contributed by atoms with van der Waals surface area (Å²) in [6, 6.07) is 16.6. The average molecular weight is 326 g/mol. The molecule has 2 rings (SSSR count). The van der Waals surface area contributed by atoms with Crippen molar-refractivity contribution in [2.24, 2.45) is 0 Å². The Hall–Kier alpha value is -2.82. The number of nitrogens with one attached hydrogen (secondary N) is 1. The molecule has 2 aromatic rings. The van der Waals surface area contributed by atoms with Crippen molar-refractivity contribution in [2.75, 3.05) is 27.2 Å². The summed E-state index contributed by atoms with van der Waals surface area (Å²) in [6.45, 7) is 0.547. The van der Waals surface area contributed by atoms with Gasteiger partial charge in [-0.05, 0) is 36.2 Å². The van der Waals surface area contributed by atoms with Gasteiger partial charge in [-0.1, -0.05) is 30.3 Å². The number of hydrogen-bond acceptors (Lipinski definition) is 3. The molecule has 0 aromatic heterocycles. The molecular weight excluding hydrogens is 304 g/mol. The smallest absolute Gasteiger partial charge is 0.254 e. The molecule has 0 heterocycles. The van der Waals surface area contributed by atoms with Crippen molar-refractivity contribution in [2.45, 2.75) is 6.42 Å².